The van der Waals surface area contributed by atoms with Gasteiger partial charge in [-0.05, 0) is 92.1 Å². The van der Waals surface area contributed by atoms with Crippen molar-refractivity contribution in [2.24, 2.45) is 0 Å². The van der Waals surface area contributed by atoms with E-state index in [1.54, 1.807) is 24.4 Å². The Bertz CT molecular complexity index is 1950. The van der Waals surface area contributed by atoms with Crippen LogP contribution in [0.5, 0.6) is 17.2 Å². The number of pyridine rings is 1. The van der Waals surface area contributed by atoms with Crippen LogP contribution in [0, 0.1) is 25.2 Å². The third kappa shape index (κ3) is 9.67. The summed E-state index contributed by atoms with van der Waals surface area (Å²) in [5.74, 6) is 0.999. The van der Waals surface area contributed by atoms with E-state index in [2.05, 4.69) is 41.9 Å². The van der Waals surface area contributed by atoms with Gasteiger partial charge in [-0.3, -0.25) is 14.7 Å². The molecule has 2 aliphatic heterocycles. The molecule has 278 valence electrons. The van der Waals surface area contributed by atoms with Crippen LogP contribution in [0.4, 0.5) is 0 Å². The second-order valence-corrected chi connectivity index (χ2v) is 14.4. The van der Waals surface area contributed by atoms with Gasteiger partial charge in [0.2, 0.25) is 0 Å². The number of benzene rings is 3. The van der Waals surface area contributed by atoms with E-state index in [1.807, 2.05) is 29.2 Å². The molecule has 2 fully saturated rings. The number of β-amino-alcohol motifs (C(OH)–C–C–N with tert-alkyl or cyclic N) is 1. The SMILES string of the molecule is Cc1c(COc2cc(OCc3cncc(C#N)c3)c(CN3CCCCC3C(=O)O)cc2Cl)cccc1-c1cccc(OCCCN2CCC(O)C2)c1C. The van der Waals surface area contributed by atoms with Crippen LogP contribution >= 0.6 is 11.6 Å². The minimum Gasteiger partial charge on any atom is -0.493 e. The van der Waals surface area contributed by atoms with E-state index in [0.29, 0.717) is 48.2 Å². The molecule has 2 atom stereocenters. The summed E-state index contributed by atoms with van der Waals surface area (Å²) in [7, 11) is 0. The van der Waals surface area contributed by atoms with Crippen LogP contribution in [0.3, 0.4) is 0 Å². The Kier molecular flexibility index (Phi) is 12.9. The number of nitriles is 1. The zero-order valence-corrected chi connectivity index (χ0v) is 31.1. The van der Waals surface area contributed by atoms with Crippen molar-refractivity contribution >= 4 is 17.6 Å². The van der Waals surface area contributed by atoms with Gasteiger partial charge < -0.3 is 29.3 Å². The lowest BCUT2D eigenvalue weighted by Gasteiger charge is -2.33. The van der Waals surface area contributed by atoms with Crippen LogP contribution in [0.25, 0.3) is 11.1 Å². The summed E-state index contributed by atoms with van der Waals surface area (Å²) >= 11 is 6.85. The second kappa shape index (κ2) is 17.9. The van der Waals surface area contributed by atoms with Crippen molar-refractivity contribution in [3.8, 4) is 34.4 Å². The fourth-order valence-electron chi connectivity index (χ4n) is 7.25. The number of carboxylic acid groups (broad SMARTS) is 1. The molecule has 0 spiro atoms. The van der Waals surface area contributed by atoms with Gasteiger partial charge in [-0.2, -0.15) is 5.26 Å². The van der Waals surface area contributed by atoms with Gasteiger partial charge in [0.25, 0.3) is 0 Å². The molecule has 6 rings (SSSR count). The average Bonchev–Trinajstić information content (AvgIpc) is 3.58. The largest absolute Gasteiger partial charge is 0.493 e. The number of nitrogens with zero attached hydrogens (tertiary/aromatic N) is 4. The normalized spacial score (nSPS) is 17.7. The quantitative estimate of drug-likeness (QED) is 0.120. The first-order valence-corrected chi connectivity index (χ1v) is 18.7. The molecule has 10 nitrogen and oxygen atoms in total. The highest BCUT2D eigenvalue weighted by Crippen LogP contribution is 2.37. The number of carboxylic acids is 1. The third-order valence-corrected chi connectivity index (χ3v) is 10.5. The summed E-state index contributed by atoms with van der Waals surface area (Å²) in [5.41, 5.74) is 7.26. The molecule has 0 amide bonds. The van der Waals surface area contributed by atoms with Crippen LogP contribution in [0.1, 0.15) is 65.5 Å². The van der Waals surface area contributed by atoms with Gasteiger partial charge in [0, 0.05) is 55.8 Å². The maximum absolute atomic E-state index is 12.1. The number of aliphatic hydroxyl groups excluding tert-OH is 1. The van der Waals surface area contributed by atoms with Gasteiger partial charge in [0.05, 0.1) is 23.3 Å². The summed E-state index contributed by atoms with van der Waals surface area (Å²) in [4.78, 5) is 20.5. The molecule has 0 radical (unpaired) electrons. The molecular formula is C42H47ClN4O6. The highest BCUT2D eigenvalue weighted by molar-refractivity contribution is 6.32. The van der Waals surface area contributed by atoms with E-state index in [1.165, 1.54) is 6.20 Å². The van der Waals surface area contributed by atoms with Gasteiger partial charge >= 0.3 is 5.97 Å². The summed E-state index contributed by atoms with van der Waals surface area (Å²) in [6, 6.07) is 19.2. The summed E-state index contributed by atoms with van der Waals surface area (Å²) in [6.45, 7) is 8.81. The second-order valence-electron chi connectivity index (χ2n) is 13.9. The maximum atomic E-state index is 12.1. The molecule has 11 heteroatoms. The first-order chi connectivity index (χ1) is 25.7. The number of ether oxygens (including phenoxy) is 3. The Labute approximate surface area is 316 Å². The van der Waals surface area contributed by atoms with Crippen LogP contribution in [0.2, 0.25) is 5.02 Å². The van der Waals surface area contributed by atoms with Crippen LogP contribution < -0.4 is 14.2 Å². The summed E-state index contributed by atoms with van der Waals surface area (Å²) < 4.78 is 18.9. The topological polar surface area (TPSA) is 128 Å². The number of aliphatic carboxylic acids is 1. The van der Waals surface area contributed by atoms with Crippen molar-refractivity contribution < 1.29 is 29.2 Å². The van der Waals surface area contributed by atoms with Gasteiger partial charge in [-0.1, -0.05) is 48.4 Å². The van der Waals surface area contributed by atoms with Gasteiger partial charge in [0.1, 0.15) is 42.6 Å². The number of hydrogen-bond acceptors (Lipinski definition) is 9. The number of aromatic nitrogens is 1. The van der Waals surface area contributed by atoms with Crippen molar-refractivity contribution in [2.45, 2.75) is 77.9 Å². The predicted octanol–water partition coefficient (Wildman–Crippen LogP) is 7.32. The fraction of sp³-hybridized carbons (Fsp3) is 0.405. The van der Waals surface area contributed by atoms with E-state index in [4.69, 9.17) is 25.8 Å². The minimum atomic E-state index is -0.834. The van der Waals surface area contributed by atoms with E-state index in [0.717, 1.165) is 90.0 Å². The first kappa shape index (κ1) is 38.1. The molecule has 1 aromatic heterocycles. The van der Waals surface area contributed by atoms with Gasteiger partial charge in [-0.25, -0.2) is 0 Å². The first-order valence-electron chi connectivity index (χ1n) is 18.3. The average molecular weight is 739 g/mol. The molecular weight excluding hydrogens is 692 g/mol. The fourth-order valence-corrected chi connectivity index (χ4v) is 7.49. The molecule has 2 N–H and O–H groups in total. The molecule has 4 aromatic rings. The van der Waals surface area contributed by atoms with Crippen molar-refractivity contribution in [3.05, 3.63) is 105 Å². The van der Waals surface area contributed by atoms with Crippen molar-refractivity contribution in [1.82, 2.24) is 14.8 Å². The molecule has 53 heavy (non-hydrogen) atoms. The monoisotopic (exact) mass is 738 g/mol. The third-order valence-electron chi connectivity index (χ3n) is 10.2. The molecule has 0 aliphatic carbocycles. The lowest BCUT2D eigenvalue weighted by Crippen LogP contribution is -2.44. The molecule has 0 bridgehead atoms. The van der Waals surface area contributed by atoms with E-state index in [-0.39, 0.29) is 19.3 Å². The number of hydrogen-bond donors (Lipinski definition) is 2. The van der Waals surface area contributed by atoms with Crippen LogP contribution in [-0.2, 0) is 24.6 Å². The standard InChI is InChI=1S/C42H47ClN4O6/c1-28-32(8-5-9-35(28)36-10-6-12-39(29(36)2)51-17-7-14-46-16-13-34(48)25-46)27-53-41-20-40(52-26-31-18-30(21-44)22-45-23-31)33(19-37(41)43)24-47-15-4-3-11-38(47)42(49)50/h5-6,8-10,12,18-20,22-23,34,38,48H,3-4,7,11,13-17,24-27H2,1-2H3,(H,49,50). The number of halogens is 1. The van der Waals surface area contributed by atoms with Crippen LogP contribution in [-0.4, -0.2) is 75.9 Å². The molecule has 0 saturated carbocycles. The Morgan fingerprint density at radius 3 is 2.49 bits per heavy atom. The number of rotatable bonds is 15. The Hall–Kier alpha value is -4.66. The number of aliphatic hydroxyl groups is 1. The van der Waals surface area contributed by atoms with E-state index in [9.17, 15) is 20.3 Å². The number of likely N-dealkylation sites (tertiary alicyclic amines) is 2. The maximum Gasteiger partial charge on any atom is 0.320 e. The molecule has 2 aliphatic rings. The Balaban J connectivity index is 1.18. The summed E-state index contributed by atoms with van der Waals surface area (Å²) in [6.07, 6.45) is 7.06. The smallest absolute Gasteiger partial charge is 0.320 e. The van der Waals surface area contributed by atoms with Crippen LogP contribution in [0.15, 0.2) is 67.0 Å². The molecule has 2 saturated heterocycles. The zero-order valence-electron chi connectivity index (χ0n) is 30.4. The number of piperidine rings is 1. The zero-order chi connectivity index (χ0) is 37.3. The Morgan fingerprint density at radius 2 is 1.72 bits per heavy atom. The van der Waals surface area contributed by atoms with Crippen molar-refractivity contribution in [3.63, 3.8) is 0 Å². The molecule has 2 unspecified atom stereocenters. The highest BCUT2D eigenvalue weighted by atomic mass is 35.5. The van der Waals surface area contributed by atoms with Gasteiger partial charge in [0.15, 0.2) is 0 Å². The van der Waals surface area contributed by atoms with E-state index < -0.39 is 12.0 Å². The highest BCUT2D eigenvalue weighted by Gasteiger charge is 2.29. The van der Waals surface area contributed by atoms with Crippen molar-refractivity contribution in [1.29, 1.82) is 5.26 Å². The predicted molar refractivity (Wildman–Crippen MR) is 203 cm³/mol. The van der Waals surface area contributed by atoms with Crippen molar-refractivity contribution in [2.75, 3.05) is 32.8 Å². The molecule has 3 heterocycles. The summed E-state index contributed by atoms with van der Waals surface area (Å²) in [5, 5.41) is 29.4. The lowest BCUT2D eigenvalue weighted by molar-refractivity contribution is -0.144. The minimum absolute atomic E-state index is 0.158. The van der Waals surface area contributed by atoms with Gasteiger partial charge in [-0.15, -0.1) is 0 Å². The number of carbonyl (C=O) groups is 1. The van der Waals surface area contributed by atoms with E-state index >= 15 is 0 Å². The Morgan fingerprint density at radius 1 is 0.925 bits per heavy atom. The molecule has 3 aromatic carbocycles. The lowest BCUT2D eigenvalue weighted by atomic mass is 9.93.